The van der Waals surface area contributed by atoms with E-state index in [2.05, 4.69) is 0 Å². The predicted octanol–water partition coefficient (Wildman–Crippen LogP) is 3.45. The van der Waals surface area contributed by atoms with Crippen molar-refractivity contribution in [2.75, 3.05) is 0 Å². The minimum Gasteiger partial charge on any atom is -0.458 e. The Morgan fingerprint density at radius 2 is 2.05 bits per heavy atom. The number of benzene rings is 2. The lowest BCUT2D eigenvalue weighted by Gasteiger charge is -2.03. The van der Waals surface area contributed by atoms with Crippen LogP contribution in [0, 0.1) is 17.1 Å². The first-order valence-electron chi connectivity index (χ1n) is 6.27. The molecule has 0 amide bonds. The first kappa shape index (κ1) is 14.5. The average Bonchev–Trinajstić information content (AvgIpc) is 2.51. The fourth-order valence-corrected chi connectivity index (χ4v) is 1.73. The summed E-state index contributed by atoms with van der Waals surface area (Å²) in [6, 6.07) is 14.8. The molecule has 0 bridgehead atoms. The van der Waals surface area contributed by atoms with Crippen LogP contribution < -0.4 is 0 Å². The van der Waals surface area contributed by atoms with Crippen LogP contribution in [-0.4, -0.2) is 5.97 Å². The van der Waals surface area contributed by atoms with Gasteiger partial charge in [0.2, 0.25) is 0 Å². The predicted molar refractivity (Wildman–Crippen MR) is 76.4 cm³/mol. The molecule has 0 fully saturated rings. The molecule has 4 heteroatoms. The summed E-state index contributed by atoms with van der Waals surface area (Å²) in [5.41, 5.74) is 1.69. The number of esters is 1. The van der Waals surface area contributed by atoms with Crippen LogP contribution in [0.25, 0.3) is 6.08 Å². The van der Waals surface area contributed by atoms with Crippen molar-refractivity contribution in [2.24, 2.45) is 0 Å². The van der Waals surface area contributed by atoms with Gasteiger partial charge < -0.3 is 4.74 Å². The lowest BCUT2D eigenvalue weighted by atomic mass is 10.1. The van der Waals surface area contributed by atoms with Gasteiger partial charge in [0.25, 0.3) is 0 Å². The van der Waals surface area contributed by atoms with E-state index in [0.29, 0.717) is 16.7 Å². The number of nitriles is 1. The summed E-state index contributed by atoms with van der Waals surface area (Å²) in [6.45, 7) is 0.0239. The number of ether oxygens (including phenoxy) is 1. The Balaban J connectivity index is 1.95. The maximum atomic E-state index is 13.0. The Bertz CT molecular complexity index is 717. The number of halogens is 1. The van der Waals surface area contributed by atoms with E-state index in [0.717, 1.165) is 0 Å². The van der Waals surface area contributed by atoms with E-state index in [1.165, 1.54) is 24.3 Å². The zero-order valence-electron chi connectivity index (χ0n) is 11.1. The Kier molecular flexibility index (Phi) is 4.84. The zero-order valence-corrected chi connectivity index (χ0v) is 11.1. The summed E-state index contributed by atoms with van der Waals surface area (Å²) in [7, 11) is 0. The molecule has 0 heterocycles. The molecule has 0 aromatic heterocycles. The van der Waals surface area contributed by atoms with Gasteiger partial charge in [-0.05, 0) is 29.8 Å². The van der Waals surface area contributed by atoms with Crippen LogP contribution in [0.4, 0.5) is 4.39 Å². The summed E-state index contributed by atoms with van der Waals surface area (Å²) in [4.78, 5) is 11.6. The Morgan fingerprint density at radius 3 is 2.81 bits per heavy atom. The molecule has 2 aromatic carbocycles. The monoisotopic (exact) mass is 281 g/mol. The van der Waals surface area contributed by atoms with Gasteiger partial charge in [-0.2, -0.15) is 5.26 Å². The maximum absolute atomic E-state index is 13.0. The average molecular weight is 281 g/mol. The Morgan fingerprint density at radius 1 is 1.24 bits per heavy atom. The largest absolute Gasteiger partial charge is 0.458 e. The van der Waals surface area contributed by atoms with Crippen molar-refractivity contribution in [2.45, 2.75) is 6.61 Å². The standard InChI is InChI=1S/C17H12FNO2/c18-16-7-3-4-13(10-16)8-9-17(20)21-12-15-6-2-1-5-14(15)11-19/h1-10H,12H2. The quantitative estimate of drug-likeness (QED) is 0.637. The maximum Gasteiger partial charge on any atom is 0.331 e. The summed E-state index contributed by atoms with van der Waals surface area (Å²) in [5, 5.41) is 8.92. The van der Waals surface area contributed by atoms with Crippen molar-refractivity contribution in [1.29, 1.82) is 5.26 Å². The molecule has 2 aromatic rings. The molecule has 21 heavy (non-hydrogen) atoms. The smallest absolute Gasteiger partial charge is 0.331 e. The summed E-state index contributed by atoms with van der Waals surface area (Å²) < 4.78 is 18.0. The molecule has 3 nitrogen and oxygen atoms in total. The van der Waals surface area contributed by atoms with E-state index in [9.17, 15) is 9.18 Å². The molecule has 2 rings (SSSR count). The fraction of sp³-hybridized carbons (Fsp3) is 0.0588. The lowest BCUT2D eigenvalue weighted by Crippen LogP contribution is -2.02. The highest BCUT2D eigenvalue weighted by Crippen LogP contribution is 2.09. The van der Waals surface area contributed by atoms with Crippen molar-refractivity contribution in [3.63, 3.8) is 0 Å². The second-order valence-electron chi connectivity index (χ2n) is 4.27. The molecule has 0 N–H and O–H groups in total. The minimum atomic E-state index is -0.549. The number of carbonyl (C=O) groups excluding carboxylic acids is 1. The second-order valence-corrected chi connectivity index (χ2v) is 4.27. The molecule has 0 aliphatic carbocycles. The van der Waals surface area contributed by atoms with Crippen molar-refractivity contribution in [3.05, 3.63) is 77.1 Å². The van der Waals surface area contributed by atoms with Crippen molar-refractivity contribution < 1.29 is 13.9 Å². The third-order valence-electron chi connectivity index (χ3n) is 2.77. The van der Waals surface area contributed by atoms with Gasteiger partial charge in [-0.15, -0.1) is 0 Å². The third kappa shape index (κ3) is 4.29. The minimum absolute atomic E-state index is 0.0239. The van der Waals surface area contributed by atoms with Crippen LogP contribution in [0.1, 0.15) is 16.7 Å². The second kappa shape index (κ2) is 7.01. The van der Waals surface area contributed by atoms with E-state index in [4.69, 9.17) is 10.00 Å². The number of rotatable bonds is 4. The summed E-state index contributed by atoms with van der Waals surface area (Å²) in [5.74, 6) is -0.916. The van der Waals surface area contributed by atoms with Crippen LogP contribution in [-0.2, 0) is 16.1 Å². The van der Waals surface area contributed by atoms with E-state index < -0.39 is 5.97 Å². The number of hydrogen-bond acceptors (Lipinski definition) is 3. The zero-order chi connectivity index (χ0) is 15.1. The number of hydrogen-bond donors (Lipinski definition) is 0. The summed E-state index contributed by atoms with van der Waals surface area (Å²) in [6.07, 6.45) is 2.70. The van der Waals surface area contributed by atoms with E-state index in [1.54, 1.807) is 36.4 Å². The van der Waals surface area contributed by atoms with Crippen molar-refractivity contribution >= 4 is 12.0 Å². The van der Waals surface area contributed by atoms with Crippen LogP contribution in [0.2, 0.25) is 0 Å². The first-order valence-corrected chi connectivity index (χ1v) is 6.27. The normalized spacial score (nSPS) is 10.3. The van der Waals surface area contributed by atoms with Gasteiger partial charge in [-0.3, -0.25) is 0 Å². The highest BCUT2D eigenvalue weighted by molar-refractivity contribution is 5.87. The number of nitrogens with zero attached hydrogens (tertiary/aromatic N) is 1. The molecule has 0 radical (unpaired) electrons. The first-order chi connectivity index (χ1) is 10.2. The van der Waals surface area contributed by atoms with Crippen LogP contribution >= 0.6 is 0 Å². The Hall–Kier alpha value is -2.93. The highest BCUT2D eigenvalue weighted by Gasteiger charge is 2.03. The van der Waals surface area contributed by atoms with E-state index in [1.807, 2.05) is 6.07 Å². The molecule has 0 spiro atoms. The van der Waals surface area contributed by atoms with Gasteiger partial charge in [-0.25, -0.2) is 9.18 Å². The van der Waals surface area contributed by atoms with Gasteiger partial charge in [0, 0.05) is 11.6 Å². The van der Waals surface area contributed by atoms with Gasteiger partial charge in [0.05, 0.1) is 11.6 Å². The molecule has 104 valence electrons. The third-order valence-corrected chi connectivity index (χ3v) is 2.77. The fourth-order valence-electron chi connectivity index (χ4n) is 1.73. The van der Waals surface area contributed by atoms with Crippen LogP contribution in [0.5, 0.6) is 0 Å². The molecular weight excluding hydrogens is 269 g/mol. The van der Waals surface area contributed by atoms with Gasteiger partial charge >= 0.3 is 5.97 Å². The lowest BCUT2D eigenvalue weighted by molar-refractivity contribution is -0.138. The number of carbonyl (C=O) groups is 1. The van der Waals surface area contributed by atoms with Crippen LogP contribution in [0.3, 0.4) is 0 Å². The molecule has 0 aliphatic rings. The van der Waals surface area contributed by atoms with E-state index in [-0.39, 0.29) is 12.4 Å². The van der Waals surface area contributed by atoms with Crippen LogP contribution in [0.15, 0.2) is 54.6 Å². The van der Waals surface area contributed by atoms with Gasteiger partial charge in [0.15, 0.2) is 0 Å². The SMILES string of the molecule is N#Cc1ccccc1COC(=O)C=Cc1cccc(F)c1. The summed E-state index contributed by atoms with van der Waals surface area (Å²) >= 11 is 0. The molecule has 0 saturated heterocycles. The van der Waals surface area contributed by atoms with E-state index >= 15 is 0 Å². The molecule has 0 atom stereocenters. The van der Waals surface area contributed by atoms with Crippen molar-refractivity contribution in [1.82, 2.24) is 0 Å². The molecular formula is C17H12FNO2. The van der Waals surface area contributed by atoms with Gasteiger partial charge in [0.1, 0.15) is 12.4 Å². The topological polar surface area (TPSA) is 50.1 Å². The molecule has 0 aliphatic heterocycles. The van der Waals surface area contributed by atoms with Crippen molar-refractivity contribution in [3.8, 4) is 6.07 Å². The molecule has 0 unspecified atom stereocenters. The van der Waals surface area contributed by atoms with Gasteiger partial charge in [-0.1, -0.05) is 30.3 Å². The highest BCUT2D eigenvalue weighted by atomic mass is 19.1. The Labute approximate surface area is 121 Å². The molecule has 0 saturated carbocycles.